The van der Waals surface area contributed by atoms with Gasteiger partial charge in [-0.25, -0.2) is 0 Å². The van der Waals surface area contributed by atoms with Gasteiger partial charge in [0.2, 0.25) is 17.7 Å². The summed E-state index contributed by atoms with van der Waals surface area (Å²) >= 11 is 0. The van der Waals surface area contributed by atoms with Gasteiger partial charge in [-0.3, -0.25) is 19.4 Å². The smallest absolute Gasteiger partial charge is 0.243 e. The van der Waals surface area contributed by atoms with E-state index in [1.165, 1.54) is 14.0 Å². The van der Waals surface area contributed by atoms with Crippen LogP contribution in [0, 0.1) is 0 Å². The Balaban J connectivity index is 2.12. The molecule has 1 heterocycles. The number of fused-ring (bicyclic) bond motifs is 1. The maximum Gasteiger partial charge on any atom is 0.243 e. The van der Waals surface area contributed by atoms with E-state index in [1.807, 2.05) is 30.5 Å². The lowest BCUT2D eigenvalue weighted by Gasteiger charge is -2.22. The Kier molecular flexibility index (Phi) is 8.21. The molecule has 0 aliphatic rings. The number of guanidine groups is 1. The SMILES string of the molecule is CNC(=O)C(CCCN=C(N)N)NC(=O)C(Cc1c[nH]c2ccccc12)NC(C)=O. The Morgan fingerprint density at radius 1 is 1.10 bits per heavy atom. The zero-order valence-corrected chi connectivity index (χ0v) is 17.2. The van der Waals surface area contributed by atoms with Gasteiger partial charge in [0.05, 0.1) is 0 Å². The molecular weight excluding hydrogens is 386 g/mol. The van der Waals surface area contributed by atoms with Crippen molar-refractivity contribution >= 4 is 34.6 Å². The van der Waals surface area contributed by atoms with Crippen molar-refractivity contribution in [1.29, 1.82) is 0 Å². The van der Waals surface area contributed by atoms with Crippen LogP contribution >= 0.6 is 0 Å². The number of hydrogen-bond acceptors (Lipinski definition) is 4. The summed E-state index contributed by atoms with van der Waals surface area (Å²) in [5.41, 5.74) is 12.4. The Hall–Kier alpha value is -3.56. The summed E-state index contributed by atoms with van der Waals surface area (Å²) in [5.74, 6) is -1.13. The quantitative estimate of drug-likeness (QED) is 0.174. The van der Waals surface area contributed by atoms with Crippen molar-refractivity contribution in [3.8, 4) is 0 Å². The molecule has 0 fully saturated rings. The topological polar surface area (TPSA) is 167 Å². The lowest BCUT2D eigenvalue weighted by atomic mass is 10.0. The Labute approximate surface area is 174 Å². The van der Waals surface area contributed by atoms with Crippen molar-refractivity contribution in [3.05, 3.63) is 36.0 Å². The molecule has 10 nitrogen and oxygen atoms in total. The van der Waals surface area contributed by atoms with Crippen molar-refractivity contribution in [2.45, 2.75) is 38.3 Å². The predicted octanol–water partition coefficient (Wildman–Crippen LogP) is -0.500. The van der Waals surface area contributed by atoms with Gasteiger partial charge in [0, 0.05) is 44.0 Å². The number of hydrogen-bond donors (Lipinski definition) is 6. The van der Waals surface area contributed by atoms with Crippen LogP contribution in [-0.2, 0) is 20.8 Å². The van der Waals surface area contributed by atoms with Gasteiger partial charge in [-0.05, 0) is 24.5 Å². The molecule has 2 aromatic rings. The van der Waals surface area contributed by atoms with Gasteiger partial charge in [-0.1, -0.05) is 18.2 Å². The number of para-hydroxylation sites is 1. The van der Waals surface area contributed by atoms with Gasteiger partial charge < -0.3 is 32.4 Å². The first kappa shape index (κ1) is 22.7. The molecule has 0 bridgehead atoms. The van der Waals surface area contributed by atoms with Crippen LogP contribution < -0.4 is 27.4 Å². The molecule has 0 radical (unpaired) electrons. The number of H-pyrrole nitrogens is 1. The number of carbonyl (C=O) groups is 3. The van der Waals surface area contributed by atoms with E-state index in [1.54, 1.807) is 0 Å². The summed E-state index contributed by atoms with van der Waals surface area (Å²) in [5, 5.41) is 8.92. The van der Waals surface area contributed by atoms with Gasteiger partial charge in [-0.2, -0.15) is 0 Å². The minimum atomic E-state index is -0.827. The molecule has 3 amide bonds. The van der Waals surface area contributed by atoms with E-state index in [4.69, 9.17) is 11.5 Å². The molecule has 30 heavy (non-hydrogen) atoms. The van der Waals surface area contributed by atoms with Crippen LogP contribution in [0.3, 0.4) is 0 Å². The van der Waals surface area contributed by atoms with Crippen LogP contribution in [0.4, 0.5) is 0 Å². The minimum absolute atomic E-state index is 0.0278. The fourth-order valence-corrected chi connectivity index (χ4v) is 3.19. The second-order valence-electron chi connectivity index (χ2n) is 6.94. The Morgan fingerprint density at radius 3 is 2.50 bits per heavy atom. The van der Waals surface area contributed by atoms with Crippen molar-refractivity contribution in [1.82, 2.24) is 20.9 Å². The number of amides is 3. The van der Waals surface area contributed by atoms with Crippen molar-refractivity contribution in [2.75, 3.05) is 13.6 Å². The van der Waals surface area contributed by atoms with Crippen molar-refractivity contribution in [2.24, 2.45) is 16.5 Å². The molecular formula is C20H29N7O3. The second-order valence-corrected chi connectivity index (χ2v) is 6.94. The summed E-state index contributed by atoms with van der Waals surface area (Å²) in [6.45, 7) is 1.69. The molecule has 8 N–H and O–H groups in total. The summed E-state index contributed by atoms with van der Waals surface area (Å²) in [7, 11) is 1.49. The van der Waals surface area contributed by atoms with E-state index in [0.29, 0.717) is 19.4 Å². The average molecular weight is 415 g/mol. The highest BCUT2D eigenvalue weighted by molar-refractivity contribution is 5.92. The third-order valence-corrected chi connectivity index (χ3v) is 4.62. The molecule has 0 spiro atoms. The molecule has 162 valence electrons. The summed E-state index contributed by atoms with van der Waals surface area (Å²) < 4.78 is 0. The Bertz CT molecular complexity index is 918. The van der Waals surface area contributed by atoms with E-state index in [2.05, 4.69) is 25.9 Å². The number of benzene rings is 1. The Morgan fingerprint density at radius 2 is 1.83 bits per heavy atom. The first-order chi connectivity index (χ1) is 14.3. The maximum atomic E-state index is 12.9. The molecule has 1 aromatic carbocycles. The van der Waals surface area contributed by atoms with Gasteiger partial charge in [-0.15, -0.1) is 0 Å². The van der Waals surface area contributed by atoms with Gasteiger partial charge in [0.25, 0.3) is 0 Å². The number of aromatic nitrogens is 1. The zero-order chi connectivity index (χ0) is 22.1. The number of rotatable bonds is 10. The van der Waals surface area contributed by atoms with Crippen LogP contribution in [0.5, 0.6) is 0 Å². The maximum absolute atomic E-state index is 12.9. The van der Waals surface area contributed by atoms with Crippen LogP contribution in [0.2, 0.25) is 0 Å². The third kappa shape index (κ3) is 6.50. The molecule has 0 saturated heterocycles. The fraction of sp³-hybridized carbons (Fsp3) is 0.400. The van der Waals surface area contributed by atoms with Gasteiger partial charge >= 0.3 is 0 Å². The van der Waals surface area contributed by atoms with E-state index >= 15 is 0 Å². The van der Waals surface area contributed by atoms with Crippen LogP contribution in [0.15, 0.2) is 35.5 Å². The summed E-state index contributed by atoms with van der Waals surface area (Å²) in [4.78, 5) is 43.9. The normalized spacial score (nSPS) is 12.6. The summed E-state index contributed by atoms with van der Waals surface area (Å²) in [6.07, 6.45) is 2.95. The molecule has 2 rings (SSSR count). The van der Waals surface area contributed by atoms with E-state index in [-0.39, 0.29) is 24.2 Å². The molecule has 2 atom stereocenters. The standard InChI is InChI=1S/C20H29N7O3/c1-12(28)26-17(10-13-11-25-15-7-4-3-6-14(13)15)19(30)27-16(18(29)23-2)8-5-9-24-20(21)22/h3-4,6-7,11,16-17,25H,5,8-10H2,1-2H3,(H,23,29)(H,26,28)(H,27,30)(H4,21,22,24). The molecule has 1 aromatic heterocycles. The zero-order valence-electron chi connectivity index (χ0n) is 17.2. The number of aliphatic imine (C=N–C) groups is 1. The number of nitrogens with one attached hydrogen (secondary N) is 4. The number of aromatic amines is 1. The van der Waals surface area contributed by atoms with E-state index < -0.39 is 18.0 Å². The molecule has 2 unspecified atom stereocenters. The lowest BCUT2D eigenvalue weighted by Crippen LogP contribution is -2.53. The van der Waals surface area contributed by atoms with Crippen molar-refractivity contribution in [3.63, 3.8) is 0 Å². The monoisotopic (exact) mass is 415 g/mol. The molecule has 0 aliphatic heterocycles. The fourth-order valence-electron chi connectivity index (χ4n) is 3.19. The van der Waals surface area contributed by atoms with Gasteiger partial charge in [0.15, 0.2) is 5.96 Å². The van der Waals surface area contributed by atoms with Crippen molar-refractivity contribution < 1.29 is 14.4 Å². The van der Waals surface area contributed by atoms with Crippen LogP contribution in [0.1, 0.15) is 25.3 Å². The molecule has 0 aliphatic carbocycles. The second kappa shape index (κ2) is 10.8. The average Bonchev–Trinajstić information content (AvgIpc) is 3.11. The predicted molar refractivity (Wildman–Crippen MR) is 116 cm³/mol. The number of nitrogens with two attached hydrogens (primary N) is 2. The molecule has 0 saturated carbocycles. The van der Waals surface area contributed by atoms with E-state index in [0.717, 1.165) is 16.5 Å². The van der Waals surface area contributed by atoms with Crippen LogP contribution in [-0.4, -0.2) is 54.3 Å². The number of likely N-dealkylation sites (N-methyl/N-ethyl adjacent to an activating group) is 1. The minimum Gasteiger partial charge on any atom is -0.370 e. The highest BCUT2D eigenvalue weighted by atomic mass is 16.2. The number of carbonyl (C=O) groups excluding carboxylic acids is 3. The van der Waals surface area contributed by atoms with E-state index in [9.17, 15) is 14.4 Å². The van der Waals surface area contributed by atoms with Crippen LogP contribution in [0.25, 0.3) is 10.9 Å². The first-order valence-corrected chi connectivity index (χ1v) is 9.71. The largest absolute Gasteiger partial charge is 0.370 e. The number of nitrogens with zero attached hydrogens (tertiary/aromatic N) is 1. The third-order valence-electron chi connectivity index (χ3n) is 4.62. The highest BCUT2D eigenvalue weighted by Gasteiger charge is 2.26. The summed E-state index contributed by atoms with van der Waals surface area (Å²) in [6, 6.07) is 6.11. The lowest BCUT2D eigenvalue weighted by molar-refractivity contribution is -0.131. The molecule has 10 heteroatoms. The first-order valence-electron chi connectivity index (χ1n) is 9.71. The highest BCUT2D eigenvalue weighted by Crippen LogP contribution is 2.19. The van der Waals surface area contributed by atoms with Gasteiger partial charge in [0.1, 0.15) is 12.1 Å².